The van der Waals surface area contributed by atoms with Crippen molar-refractivity contribution >= 4 is 11.8 Å². The van der Waals surface area contributed by atoms with Crippen LogP contribution in [0.3, 0.4) is 0 Å². The second-order valence-electron chi connectivity index (χ2n) is 5.08. The molecule has 1 fully saturated rings. The monoisotopic (exact) mass is 229 g/mol. The summed E-state index contributed by atoms with van der Waals surface area (Å²) in [4.78, 5) is 25.6. The van der Waals surface area contributed by atoms with E-state index in [1.54, 1.807) is 24.3 Å². The number of carbonyl (C=O) groups excluding carboxylic acids is 2. The van der Waals surface area contributed by atoms with Crippen molar-refractivity contribution in [1.82, 2.24) is 4.90 Å². The van der Waals surface area contributed by atoms with Gasteiger partial charge in [0.2, 0.25) is 0 Å². The normalized spacial score (nSPS) is 20.6. The van der Waals surface area contributed by atoms with E-state index in [-0.39, 0.29) is 11.8 Å². The molecule has 3 rings (SSSR count). The lowest BCUT2D eigenvalue weighted by atomic mass is 10.1. The summed E-state index contributed by atoms with van der Waals surface area (Å²) < 4.78 is 0. The highest BCUT2D eigenvalue weighted by Gasteiger charge is 2.38. The zero-order valence-electron chi connectivity index (χ0n) is 9.85. The van der Waals surface area contributed by atoms with Crippen LogP contribution >= 0.6 is 0 Å². The Bertz CT molecular complexity index is 456. The van der Waals surface area contributed by atoms with E-state index in [9.17, 15) is 9.59 Å². The average Bonchev–Trinajstić information content (AvgIpc) is 3.15. The molecule has 0 aromatic heterocycles. The fraction of sp³-hybridized carbons (Fsp3) is 0.429. The Morgan fingerprint density at radius 3 is 2.18 bits per heavy atom. The van der Waals surface area contributed by atoms with Crippen LogP contribution in [0.15, 0.2) is 24.3 Å². The van der Waals surface area contributed by atoms with Crippen molar-refractivity contribution in [3.8, 4) is 0 Å². The smallest absolute Gasteiger partial charge is 0.261 e. The Kier molecular flexibility index (Phi) is 2.28. The molecule has 1 aromatic rings. The van der Waals surface area contributed by atoms with Crippen LogP contribution in [0.5, 0.6) is 0 Å². The summed E-state index contributed by atoms with van der Waals surface area (Å²) in [5.41, 5.74) is 1.11. The van der Waals surface area contributed by atoms with Crippen molar-refractivity contribution in [2.45, 2.75) is 19.8 Å². The Balaban J connectivity index is 1.84. The highest BCUT2D eigenvalue weighted by molar-refractivity contribution is 6.21. The lowest BCUT2D eigenvalue weighted by Crippen LogP contribution is -2.34. The van der Waals surface area contributed by atoms with Crippen LogP contribution in [-0.2, 0) is 0 Å². The summed E-state index contributed by atoms with van der Waals surface area (Å²) in [7, 11) is 0. The first-order valence-corrected chi connectivity index (χ1v) is 6.13. The standard InChI is InChI=1S/C14H15NO2/c1-9(10-6-7-10)8-15-13(16)11-4-2-3-5-12(11)14(15)17/h2-5,9-10H,6-8H2,1H3/t9-/m0/s1. The van der Waals surface area contributed by atoms with Gasteiger partial charge < -0.3 is 0 Å². The van der Waals surface area contributed by atoms with Gasteiger partial charge in [-0.05, 0) is 36.8 Å². The Morgan fingerprint density at radius 2 is 1.71 bits per heavy atom. The van der Waals surface area contributed by atoms with E-state index in [0.717, 1.165) is 0 Å². The number of hydrogen-bond donors (Lipinski definition) is 0. The van der Waals surface area contributed by atoms with Crippen LogP contribution in [0.4, 0.5) is 0 Å². The molecule has 1 aromatic carbocycles. The maximum Gasteiger partial charge on any atom is 0.261 e. The van der Waals surface area contributed by atoms with E-state index in [1.165, 1.54) is 17.7 Å². The minimum atomic E-state index is -0.127. The lowest BCUT2D eigenvalue weighted by Gasteiger charge is -2.18. The molecule has 88 valence electrons. The largest absolute Gasteiger partial charge is 0.274 e. The highest BCUT2D eigenvalue weighted by Crippen LogP contribution is 2.37. The maximum absolute atomic E-state index is 12.1. The Morgan fingerprint density at radius 1 is 1.18 bits per heavy atom. The SMILES string of the molecule is C[C@@H](CN1C(=O)c2ccccc2C1=O)C1CC1. The number of amides is 2. The first-order chi connectivity index (χ1) is 8.18. The Hall–Kier alpha value is -1.64. The number of benzene rings is 1. The van der Waals surface area contributed by atoms with E-state index in [2.05, 4.69) is 6.92 Å². The molecule has 3 heteroatoms. The van der Waals surface area contributed by atoms with Crippen LogP contribution in [0.1, 0.15) is 40.5 Å². The topological polar surface area (TPSA) is 37.4 Å². The third-order valence-electron chi connectivity index (χ3n) is 3.78. The summed E-state index contributed by atoms with van der Waals surface area (Å²) in [5, 5.41) is 0. The third kappa shape index (κ3) is 1.66. The fourth-order valence-corrected chi connectivity index (χ4v) is 2.51. The molecule has 0 bridgehead atoms. The van der Waals surface area contributed by atoms with Gasteiger partial charge in [-0.3, -0.25) is 14.5 Å². The predicted octanol–water partition coefficient (Wildman–Crippen LogP) is 2.33. The maximum atomic E-state index is 12.1. The average molecular weight is 229 g/mol. The van der Waals surface area contributed by atoms with E-state index in [0.29, 0.717) is 29.5 Å². The van der Waals surface area contributed by atoms with Gasteiger partial charge in [0.15, 0.2) is 0 Å². The van der Waals surface area contributed by atoms with E-state index in [1.807, 2.05) is 0 Å². The number of hydrogen-bond acceptors (Lipinski definition) is 2. The van der Waals surface area contributed by atoms with Crippen LogP contribution in [-0.4, -0.2) is 23.3 Å². The van der Waals surface area contributed by atoms with Crippen LogP contribution in [0, 0.1) is 11.8 Å². The van der Waals surface area contributed by atoms with Crippen molar-refractivity contribution < 1.29 is 9.59 Å². The number of imide groups is 1. The van der Waals surface area contributed by atoms with Crippen molar-refractivity contribution in [2.24, 2.45) is 11.8 Å². The molecule has 2 aliphatic rings. The molecular formula is C14H15NO2. The van der Waals surface area contributed by atoms with Crippen molar-refractivity contribution in [3.05, 3.63) is 35.4 Å². The zero-order chi connectivity index (χ0) is 12.0. The van der Waals surface area contributed by atoms with E-state index >= 15 is 0 Å². The molecule has 1 heterocycles. The number of nitrogens with zero attached hydrogens (tertiary/aromatic N) is 1. The molecule has 1 atom stereocenters. The van der Waals surface area contributed by atoms with Gasteiger partial charge >= 0.3 is 0 Å². The number of fused-ring (bicyclic) bond motifs is 1. The minimum absolute atomic E-state index is 0.127. The fourth-order valence-electron chi connectivity index (χ4n) is 2.51. The van der Waals surface area contributed by atoms with Crippen LogP contribution < -0.4 is 0 Å². The zero-order valence-corrected chi connectivity index (χ0v) is 9.85. The molecule has 0 radical (unpaired) electrons. The molecule has 17 heavy (non-hydrogen) atoms. The first kappa shape index (κ1) is 10.5. The van der Waals surface area contributed by atoms with Gasteiger partial charge in [0.1, 0.15) is 0 Å². The van der Waals surface area contributed by atoms with Gasteiger partial charge in [0, 0.05) is 6.54 Å². The molecule has 0 unspecified atom stereocenters. The summed E-state index contributed by atoms with van der Waals surface area (Å²) >= 11 is 0. The van der Waals surface area contributed by atoms with Crippen LogP contribution in [0.25, 0.3) is 0 Å². The van der Waals surface area contributed by atoms with Crippen molar-refractivity contribution in [3.63, 3.8) is 0 Å². The molecule has 0 saturated heterocycles. The summed E-state index contributed by atoms with van der Waals surface area (Å²) in [6, 6.07) is 7.07. The molecule has 1 saturated carbocycles. The molecule has 0 N–H and O–H groups in total. The van der Waals surface area contributed by atoms with Gasteiger partial charge in [-0.1, -0.05) is 19.1 Å². The lowest BCUT2D eigenvalue weighted by molar-refractivity contribution is 0.0627. The van der Waals surface area contributed by atoms with Crippen molar-refractivity contribution in [2.75, 3.05) is 6.54 Å². The van der Waals surface area contributed by atoms with E-state index < -0.39 is 0 Å². The summed E-state index contributed by atoms with van der Waals surface area (Å²) in [6.07, 6.45) is 2.48. The summed E-state index contributed by atoms with van der Waals surface area (Å²) in [5.74, 6) is 0.882. The molecular weight excluding hydrogens is 214 g/mol. The highest BCUT2D eigenvalue weighted by atomic mass is 16.2. The van der Waals surface area contributed by atoms with Gasteiger partial charge in [-0.2, -0.15) is 0 Å². The van der Waals surface area contributed by atoms with Gasteiger partial charge in [-0.15, -0.1) is 0 Å². The Labute approximate surface area is 100 Å². The van der Waals surface area contributed by atoms with Gasteiger partial charge in [0.05, 0.1) is 11.1 Å². The molecule has 0 spiro atoms. The molecule has 1 aliphatic heterocycles. The van der Waals surface area contributed by atoms with E-state index in [4.69, 9.17) is 0 Å². The molecule has 1 aliphatic carbocycles. The predicted molar refractivity (Wildman–Crippen MR) is 63.7 cm³/mol. The third-order valence-corrected chi connectivity index (χ3v) is 3.78. The summed E-state index contributed by atoms with van der Waals surface area (Å²) in [6.45, 7) is 2.69. The second kappa shape index (κ2) is 3.69. The number of carbonyl (C=O) groups is 2. The second-order valence-corrected chi connectivity index (χ2v) is 5.08. The molecule has 2 amide bonds. The minimum Gasteiger partial charge on any atom is -0.274 e. The van der Waals surface area contributed by atoms with Gasteiger partial charge in [0.25, 0.3) is 11.8 Å². The first-order valence-electron chi connectivity index (χ1n) is 6.13. The molecule has 3 nitrogen and oxygen atoms in total. The van der Waals surface area contributed by atoms with Gasteiger partial charge in [-0.25, -0.2) is 0 Å². The quantitative estimate of drug-likeness (QED) is 0.746. The van der Waals surface area contributed by atoms with Crippen LogP contribution in [0.2, 0.25) is 0 Å². The van der Waals surface area contributed by atoms with Crippen molar-refractivity contribution in [1.29, 1.82) is 0 Å². The number of rotatable bonds is 3.